The molecule has 14 nitrogen and oxygen atoms in total. The predicted molar refractivity (Wildman–Crippen MR) is 249 cm³/mol. The predicted octanol–water partition coefficient (Wildman–Crippen LogP) is 7.21. The second-order valence-corrected chi connectivity index (χ2v) is 19.5. The lowest BCUT2D eigenvalue weighted by Gasteiger charge is -2.47. The van der Waals surface area contributed by atoms with Crippen molar-refractivity contribution in [2.45, 2.75) is 160 Å². The molecule has 1 amide bonds. The first-order valence-electron chi connectivity index (χ1n) is 24.0. The Morgan fingerprint density at radius 1 is 0.924 bits per heavy atom. The standard InChI is InChI=1S/C52H74N2O12/c1-10-13-37-25-31(3)46(56)32(4)26-44(62-8)48-45(63-9)27-34(6)52(60,66-48)49(57)50(58)54-23-12-11-14-40(54)51(59)65-47(30(2)15-19-41(37)55)33(5)24-35-16-20-42(43(28-35)61-7)64-38-17-18-39-36(29-38)21-22-53-39/h10,17-18,21-22,24-25,29-30,32,34-35,37,40,42-48,53,56,60H,1,11-16,19-20,23,26-28H2,2-9H3/b31-25+,33-24?. The van der Waals surface area contributed by atoms with E-state index in [9.17, 15) is 29.4 Å². The van der Waals surface area contributed by atoms with Crippen LogP contribution >= 0.6 is 0 Å². The summed E-state index contributed by atoms with van der Waals surface area (Å²) in [6, 6.07) is 6.90. The highest BCUT2D eigenvalue weighted by molar-refractivity contribution is 6.39. The topological polar surface area (TPSA) is 183 Å². The number of carbonyl (C=O) groups is 4. The second kappa shape index (κ2) is 22.7. The van der Waals surface area contributed by atoms with Gasteiger partial charge in [-0.15, -0.1) is 6.58 Å². The number of fused-ring (bicyclic) bond motifs is 4. The van der Waals surface area contributed by atoms with Gasteiger partial charge in [0.15, 0.2) is 0 Å². The van der Waals surface area contributed by atoms with Crippen LogP contribution in [0.2, 0.25) is 0 Å². The number of hydrogen-bond acceptors (Lipinski definition) is 12. The Labute approximate surface area is 390 Å². The van der Waals surface area contributed by atoms with E-state index in [0.717, 1.165) is 35.1 Å². The number of esters is 1. The molecule has 2 saturated heterocycles. The molecule has 14 atom stereocenters. The summed E-state index contributed by atoms with van der Waals surface area (Å²) in [5.74, 6) is -6.74. The zero-order valence-electron chi connectivity index (χ0n) is 40.2. The molecule has 0 spiro atoms. The summed E-state index contributed by atoms with van der Waals surface area (Å²) in [6.07, 6.45) is 8.06. The molecule has 4 heterocycles. The Morgan fingerprint density at radius 3 is 2.36 bits per heavy atom. The molecule has 3 aliphatic heterocycles. The van der Waals surface area contributed by atoms with Crippen molar-refractivity contribution in [2.75, 3.05) is 27.9 Å². The first kappa shape index (κ1) is 51.2. The van der Waals surface area contributed by atoms with Crippen LogP contribution in [0, 0.1) is 29.6 Å². The Bertz CT molecular complexity index is 2080. The molecule has 14 heteroatoms. The number of rotatable bonds is 9. The number of amides is 1. The zero-order chi connectivity index (χ0) is 47.9. The minimum atomic E-state index is -2.55. The summed E-state index contributed by atoms with van der Waals surface area (Å²) in [6.45, 7) is 13.2. The lowest BCUT2D eigenvalue weighted by atomic mass is 9.81. The molecule has 1 saturated carbocycles. The molecule has 3 fully saturated rings. The molecule has 2 bridgehead atoms. The van der Waals surface area contributed by atoms with Crippen LogP contribution in [0.3, 0.4) is 0 Å². The van der Waals surface area contributed by atoms with Gasteiger partial charge in [0.1, 0.15) is 35.9 Å². The molecule has 1 aromatic carbocycles. The van der Waals surface area contributed by atoms with Gasteiger partial charge >= 0.3 is 5.97 Å². The lowest BCUT2D eigenvalue weighted by Crippen LogP contribution is -2.64. The molecule has 66 heavy (non-hydrogen) atoms. The van der Waals surface area contributed by atoms with E-state index in [1.807, 2.05) is 57.3 Å². The minimum absolute atomic E-state index is 0.0280. The number of allylic oxidation sites excluding steroid dienone is 3. The molecule has 14 unspecified atom stereocenters. The van der Waals surface area contributed by atoms with E-state index in [1.165, 1.54) is 19.1 Å². The SMILES string of the molecule is C=CCC1/C=C(\C)C(O)C(C)CC(OC)C2OC(O)(C(=O)C(=O)N3CCCCC3C(=O)OC(C(C)=CC3CCC(Oc4ccc5[nH]ccc5c4)C(OC)C3)C(C)CCC1=O)C(C)CC2OC. The van der Waals surface area contributed by atoms with E-state index in [4.69, 9.17) is 28.4 Å². The Balaban J connectivity index is 1.31. The number of hydrogen-bond donors (Lipinski definition) is 3. The third-order valence-corrected chi connectivity index (χ3v) is 14.8. The van der Waals surface area contributed by atoms with E-state index >= 15 is 0 Å². The second-order valence-electron chi connectivity index (χ2n) is 19.5. The van der Waals surface area contributed by atoms with Gasteiger partial charge in [-0.05, 0) is 131 Å². The molecule has 3 N–H and O–H groups in total. The number of benzene rings is 1. The number of aromatic nitrogens is 1. The first-order chi connectivity index (χ1) is 31.5. The number of ketones is 2. The molecule has 4 aliphatic rings. The average Bonchev–Trinajstić information content (AvgIpc) is 3.79. The summed E-state index contributed by atoms with van der Waals surface area (Å²) in [5, 5.41) is 24.8. The van der Waals surface area contributed by atoms with Crippen LogP contribution in [0.4, 0.5) is 0 Å². The summed E-state index contributed by atoms with van der Waals surface area (Å²) in [4.78, 5) is 61.8. The molecule has 2 aromatic rings. The van der Waals surface area contributed by atoms with Crippen LogP contribution < -0.4 is 4.74 Å². The summed E-state index contributed by atoms with van der Waals surface area (Å²) in [7, 11) is 4.67. The number of aromatic amines is 1. The number of nitrogens with one attached hydrogen (secondary N) is 1. The molecule has 0 radical (unpaired) electrons. The third-order valence-electron chi connectivity index (χ3n) is 14.8. The van der Waals surface area contributed by atoms with E-state index in [-0.39, 0.29) is 62.1 Å². The van der Waals surface area contributed by atoms with Crippen LogP contribution in [0.5, 0.6) is 5.75 Å². The van der Waals surface area contributed by atoms with Gasteiger partial charge in [-0.1, -0.05) is 39.0 Å². The van der Waals surface area contributed by atoms with Gasteiger partial charge in [0.2, 0.25) is 5.79 Å². The number of Topliss-reactive ketones (excluding diaryl/α,β-unsaturated/α-hetero) is 2. The normalized spacial score (nSPS) is 37.0. The number of methoxy groups -OCH3 is 3. The van der Waals surface area contributed by atoms with Gasteiger partial charge in [0.05, 0.1) is 24.4 Å². The van der Waals surface area contributed by atoms with Crippen LogP contribution in [0.1, 0.15) is 105 Å². The first-order valence-corrected chi connectivity index (χ1v) is 24.0. The fourth-order valence-electron chi connectivity index (χ4n) is 10.7. The number of H-pyrrole nitrogens is 1. The number of nitrogens with zero attached hydrogens (tertiary/aromatic N) is 1. The van der Waals surface area contributed by atoms with Gasteiger partial charge in [-0.3, -0.25) is 14.4 Å². The van der Waals surface area contributed by atoms with Crippen molar-refractivity contribution < 1.29 is 57.8 Å². The molecular weight excluding hydrogens is 845 g/mol. The fraction of sp³-hybridized carbons (Fsp3) is 0.654. The quantitative estimate of drug-likeness (QED) is 0.131. The van der Waals surface area contributed by atoms with Crippen molar-refractivity contribution in [1.29, 1.82) is 0 Å². The summed E-state index contributed by atoms with van der Waals surface area (Å²) >= 11 is 0. The smallest absolute Gasteiger partial charge is 0.329 e. The van der Waals surface area contributed by atoms with Crippen molar-refractivity contribution in [3.05, 3.63) is 66.4 Å². The van der Waals surface area contributed by atoms with Crippen molar-refractivity contribution in [1.82, 2.24) is 9.88 Å². The van der Waals surface area contributed by atoms with Crippen LogP contribution in [0.15, 0.2) is 66.4 Å². The van der Waals surface area contributed by atoms with Crippen molar-refractivity contribution in [2.24, 2.45) is 29.6 Å². The maximum Gasteiger partial charge on any atom is 0.329 e. The van der Waals surface area contributed by atoms with Crippen molar-refractivity contribution in [3.8, 4) is 5.75 Å². The van der Waals surface area contributed by atoms with Crippen LogP contribution in [-0.2, 0) is 42.9 Å². The molecular formula is C52H74N2O12. The Kier molecular flexibility index (Phi) is 17.7. The van der Waals surface area contributed by atoms with Crippen molar-refractivity contribution >= 4 is 34.3 Å². The number of piperidine rings is 1. The minimum Gasteiger partial charge on any atom is -0.488 e. The number of carbonyl (C=O) groups excluding carboxylic acids is 4. The number of aliphatic hydroxyl groups excluding tert-OH is 1. The van der Waals surface area contributed by atoms with Gasteiger partial charge in [-0.25, -0.2) is 4.79 Å². The largest absolute Gasteiger partial charge is 0.488 e. The lowest BCUT2D eigenvalue weighted by molar-refractivity contribution is -0.302. The molecule has 364 valence electrons. The summed E-state index contributed by atoms with van der Waals surface area (Å²) in [5.41, 5.74) is 2.45. The van der Waals surface area contributed by atoms with Crippen LogP contribution in [0.25, 0.3) is 10.9 Å². The fourth-order valence-corrected chi connectivity index (χ4v) is 10.7. The highest BCUT2D eigenvalue weighted by atomic mass is 16.7. The van der Waals surface area contributed by atoms with E-state index in [2.05, 4.69) is 17.6 Å². The Hall–Kier alpha value is -4.18. The maximum absolute atomic E-state index is 14.5. The van der Waals surface area contributed by atoms with E-state index in [0.29, 0.717) is 37.7 Å². The van der Waals surface area contributed by atoms with Gasteiger partial charge < -0.3 is 48.5 Å². The Morgan fingerprint density at radius 2 is 1.65 bits per heavy atom. The highest BCUT2D eigenvalue weighted by Crippen LogP contribution is 2.40. The van der Waals surface area contributed by atoms with Gasteiger partial charge in [-0.2, -0.15) is 0 Å². The molecule has 6 rings (SSSR count). The zero-order valence-corrected chi connectivity index (χ0v) is 40.2. The van der Waals surface area contributed by atoms with Gasteiger partial charge in [0, 0.05) is 63.2 Å². The number of aliphatic hydroxyl groups is 2. The number of ether oxygens (including phenoxy) is 6. The van der Waals surface area contributed by atoms with Gasteiger partial charge in [0.25, 0.3) is 11.7 Å². The average molecular weight is 919 g/mol. The number of cyclic esters (lactones) is 1. The summed E-state index contributed by atoms with van der Waals surface area (Å²) < 4.78 is 36.9. The van der Waals surface area contributed by atoms with E-state index < -0.39 is 77.8 Å². The van der Waals surface area contributed by atoms with E-state index in [1.54, 1.807) is 27.0 Å². The highest BCUT2D eigenvalue weighted by Gasteiger charge is 2.56. The maximum atomic E-state index is 14.5. The third kappa shape index (κ3) is 11.6. The van der Waals surface area contributed by atoms with Crippen molar-refractivity contribution in [3.63, 3.8) is 0 Å². The molecule has 1 aromatic heterocycles. The monoisotopic (exact) mass is 919 g/mol. The van der Waals surface area contributed by atoms with Crippen LogP contribution in [-0.4, -0.2) is 126 Å². The molecule has 1 aliphatic carbocycles.